The predicted molar refractivity (Wildman–Crippen MR) is 29.9 cm³/mol. The van der Waals surface area contributed by atoms with Crippen molar-refractivity contribution in [3.8, 4) is 0 Å². The molecule has 0 atom stereocenters. The molecule has 0 saturated carbocycles. The molecule has 7 heavy (non-hydrogen) atoms. The van der Waals surface area contributed by atoms with Crippen LogP contribution in [0.3, 0.4) is 0 Å². The molecule has 0 spiro atoms. The van der Waals surface area contributed by atoms with Crippen LogP contribution in [0.25, 0.3) is 0 Å². The molecule has 32 valence electrons. The zero-order valence-electron chi connectivity index (χ0n) is 4.05. The number of hydrogen-bond donors (Lipinski definition) is 0. The van der Waals surface area contributed by atoms with Gasteiger partial charge >= 0.3 is 29.6 Å². The first-order valence-electron chi connectivity index (χ1n) is 1.60. The van der Waals surface area contributed by atoms with Crippen LogP contribution < -0.4 is 29.6 Å². The van der Waals surface area contributed by atoms with Gasteiger partial charge in [-0.15, -0.1) is 9.59 Å². The normalized spacial score (nSPS) is 7.43. The second-order valence-corrected chi connectivity index (χ2v) is 2.58. The summed E-state index contributed by atoms with van der Waals surface area (Å²) in [6, 6.07) is 3.87. The van der Waals surface area contributed by atoms with Crippen LogP contribution in [0.5, 0.6) is 0 Å². The maximum atomic E-state index is 4.76. The Morgan fingerprint density at radius 1 is 1.57 bits per heavy atom. The van der Waals surface area contributed by atoms with Crippen LogP contribution in [-0.4, -0.2) is 0 Å². The van der Waals surface area contributed by atoms with Gasteiger partial charge in [-0.05, 0) is 0 Å². The van der Waals surface area contributed by atoms with Crippen LogP contribution in [0, 0.1) is 0 Å². The van der Waals surface area contributed by atoms with Crippen molar-refractivity contribution in [1.29, 1.82) is 0 Å². The van der Waals surface area contributed by atoms with Gasteiger partial charge in [-0.25, -0.2) is 0 Å². The summed E-state index contributed by atoms with van der Waals surface area (Å²) in [6.07, 6.45) is 0. The second kappa shape index (κ2) is 3.87. The summed E-state index contributed by atoms with van der Waals surface area (Å²) in [5.74, 6) is 0. The molecule has 0 amide bonds. The Balaban J connectivity index is 0.000000360. The van der Waals surface area contributed by atoms with Crippen LogP contribution in [0.2, 0.25) is 0 Å². The van der Waals surface area contributed by atoms with Gasteiger partial charge < -0.3 is 24.0 Å². The Hall–Kier alpha value is 0.920. The Morgan fingerprint density at radius 3 is 2.43 bits per heavy atom. The Morgan fingerprint density at radius 2 is 2.29 bits per heavy atom. The van der Waals surface area contributed by atoms with E-state index < -0.39 is 0 Å². The van der Waals surface area contributed by atoms with Gasteiger partial charge in [-0.1, -0.05) is 12.1 Å². The molecule has 0 aliphatic heterocycles. The van der Waals surface area contributed by atoms with Gasteiger partial charge in [0.25, 0.3) is 0 Å². The molecule has 0 radical (unpaired) electrons. The third kappa shape index (κ3) is 2.67. The molecule has 0 aliphatic rings. The molecular weight excluding hydrogens is 135 g/mol. The van der Waals surface area contributed by atoms with Gasteiger partial charge in [-0.2, -0.15) is 0 Å². The van der Waals surface area contributed by atoms with Crippen molar-refractivity contribution in [2.75, 3.05) is 0 Å². The van der Waals surface area contributed by atoms with Crippen LogP contribution in [-0.2, 0) is 12.6 Å². The fourth-order valence-corrected chi connectivity index (χ4v) is 0.957. The zero-order chi connectivity index (χ0) is 4.41. The van der Waals surface area contributed by atoms with E-state index in [-0.39, 0.29) is 29.6 Å². The first-order chi connectivity index (χ1) is 2.89. The third-order valence-corrected chi connectivity index (χ3v) is 1.58. The van der Waals surface area contributed by atoms with E-state index in [2.05, 4.69) is 0 Å². The molecule has 0 unspecified atom stereocenters. The van der Waals surface area contributed by atoms with Crippen molar-refractivity contribution < 1.29 is 29.6 Å². The largest absolute Gasteiger partial charge is 1.00 e. The number of rotatable bonds is 0. The van der Waals surface area contributed by atoms with Crippen LogP contribution in [0.1, 0.15) is 0 Å². The molecule has 0 aliphatic carbocycles. The monoisotopic (exact) mass is 138 g/mol. The third-order valence-electron chi connectivity index (χ3n) is 0.495. The van der Waals surface area contributed by atoms with Gasteiger partial charge in [0.05, 0.1) is 0 Å². The van der Waals surface area contributed by atoms with E-state index in [1.165, 1.54) is 0 Å². The molecule has 0 saturated heterocycles. The maximum absolute atomic E-state index is 4.76. The molecule has 1 aromatic heterocycles. The fraction of sp³-hybridized carbons (Fsp3) is 0. The van der Waals surface area contributed by atoms with Crippen LogP contribution in [0.4, 0.5) is 0 Å². The van der Waals surface area contributed by atoms with Crippen molar-refractivity contribution in [3.63, 3.8) is 0 Å². The number of hydrogen-bond acceptors (Lipinski definition) is 2. The van der Waals surface area contributed by atoms with Gasteiger partial charge in [0.15, 0.2) is 0 Å². The Labute approximate surface area is 74.6 Å². The smallest absolute Gasteiger partial charge is 0.428 e. The molecule has 0 nitrogen and oxygen atoms in total. The average molecular weight is 138 g/mol. The molecule has 0 bridgehead atoms. The molecular formula is C4H3NaS2. The first-order valence-corrected chi connectivity index (χ1v) is 2.89. The van der Waals surface area contributed by atoms with E-state index in [4.69, 9.17) is 12.6 Å². The topological polar surface area (TPSA) is 0 Å². The standard InChI is InChI=1S/C4H4S2.Na/c5-4-2-1-3-6-4;/h1-3,5H;/q;+1/p-1. The molecule has 1 aromatic rings. The van der Waals surface area contributed by atoms with Crippen molar-refractivity contribution >= 4 is 24.0 Å². The maximum Gasteiger partial charge on any atom is 1.00 e. The van der Waals surface area contributed by atoms with E-state index >= 15 is 0 Å². The summed E-state index contributed by atoms with van der Waals surface area (Å²) >= 11 is 6.36. The van der Waals surface area contributed by atoms with E-state index in [1.54, 1.807) is 11.3 Å². The first kappa shape index (κ1) is 7.92. The van der Waals surface area contributed by atoms with Gasteiger partial charge in [0.1, 0.15) is 0 Å². The van der Waals surface area contributed by atoms with Crippen molar-refractivity contribution in [3.05, 3.63) is 17.5 Å². The van der Waals surface area contributed by atoms with Crippen molar-refractivity contribution in [1.82, 2.24) is 0 Å². The molecule has 0 N–H and O–H groups in total. The summed E-state index contributed by atoms with van der Waals surface area (Å²) in [6.45, 7) is 0. The van der Waals surface area contributed by atoms with E-state index in [0.717, 1.165) is 4.21 Å². The summed E-state index contributed by atoms with van der Waals surface area (Å²) in [7, 11) is 0. The van der Waals surface area contributed by atoms with E-state index in [0.29, 0.717) is 0 Å². The minimum atomic E-state index is 0. The zero-order valence-corrected chi connectivity index (χ0v) is 7.68. The molecule has 0 fully saturated rings. The summed E-state index contributed by atoms with van der Waals surface area (Å²) in [4.78, 5) is 0. The summed E-state index contributed by atoms with van der Waals surface area (Å²) < 4.78 is 0.968. The van der Waals surface area contributed by atoms with Crippen molar-refractivity contribution in [2.45, 2.75) is 4.21 Å². The molecule has 1 heterocycles. The Bertz CT molecular complexity index is 113. The predicted octanol–water partition coefficient (Wildman–Crippen LogP) is -1.34. The SMILES string of the molecule is [Na+].[S-]c1cccs1. The minimum absolute atomic E-state index is 0. The fourth-order valence-electron chi connectivity index (χ4n) is 0.263. The number of thiophene rings is 1. The van der Waals surface area contributed by atoms with Crippen LogP contribution in [0.15, 0.2) is 21.7 Å². The minimum Gasteiger partial charge on any atom is -0.428 e. The van der Waals surface area contributed by atoms with Crippen molar-refractivity contribution in [2.24, 2.45) is 0 Å². The second-order valence-electron chi connectivity index (χ2n) is 0.932. The molecule has 0 aromatic carbocycles. The molecule has 1 rings (SSSR count). The van der Waals surface area contributed by atoms with Gasteiger partial charge in [0.2, 0.25) is 0 Å². The molecule has 3 heteroatoms. The van der Waals surface area contributed by atoms with Crippen LogP contribution >= 0.6 is 11.3 Å². The van der Waals surface area contributed by atoms with E-state index in [9.17, 15) is 0 Å². The summed E-state index contributed by atoms with van der Waals surface area (Å²) in [5, 5.41) is 1.97. The van der Waals surface area contributed by atoms with Gasteiger partial charge in [0, 0.05) is 0 Å². The van der Waals surface area contributed by atoms with E-state index in [1.807, 2.05) is 17.5 Å². The quantitative estimate of drug-likeness (QED) is 0.316. The average Bonchev–Trinajstić information content (AvgIpc) is 1.86. The Kier molecular flexibility index (Phi) is 4.37. The summed E-state index contributed by atoms with van der Waals surface area (Å²) in [5.41, 5.74) is 0. The van der Waals surface area contributed by atoms with Gasteiger partial charge in [-0.3, -0.25) is 0 Å².